The van der Waals surface area contributed by atoms with Crippen molar-refractivity contribution in [2.75, 3.05) is 20.5 Å². The maximum Gasteiger partial charge on any atom is 0.336 e. The summed E-state index contributed by atoms with van der Waals surface area (Å²) in [5.41, 5.74) is 1.50. The molecule has 0 bridgehead atoms. The number of aromatic nitrogens is 3. The van der Waals surface area contributed by atoms with Crippen LogP contribution in [0.15, 0.2) is 53.4 Å². The average molecular weight is 359 g/mol. The second kappa shape index (κ2) is 6.56. The summed E-state index contributed by atoms with van der Waals surface area (Å²) in [5.74, 6) is 1.31. The molecule has 0 atom stereocenters. The highest BCUT2D eigenvalue weighted by atomic mass is 32.2. The summed E-state index contributed by atoms with van der Waals surface area (Å²) in [6.45, 7) is 0. The fourth-order valence-corrected chi connectivity index (χ4v) is 2.95. The molecule has 25 heavy (non-hydrogen) atoms. The minimum Gasteiger partial charge on any atom is -0.497 e. The fourth-order valence-electron chi connectivity index (χ4n) is 2.32. The molecule has 0 aliphatic rings. The third-order valence-corrected chi connectivity index (χ3v) is 4.76. The molecule has 0 saturated heterocycles. The van der Waals surface area contributed by atoms with E-state index in [1.165, 1.54) is 25.5 Å². The van der Waals surface area contributed by atoms with E-state index >= 15 is 0 Å². The topological polar surface area (TPSA) is 83.3 Å². The lowest BCUT2D eigenvalue weighted by atomic mass is 10.2. The van der Waals surface area contributed by atoms with Crippen LogP contribution in [0.25, 0.3) is 17.1 Å². The lowest BCUT2D eigenvalue weighted by Gasteiger charge is -2.07. The summed E-state index contributed by atoms with van der Waals surface area (Å²) in [6.07, 6.45) is 1.17. The zero-order valence-electron chi connectivity index (χ0n) is 14.0. The molecule has 0 N–H and O–H groups in total. The van der Waals surface area contributed by atoms with E-state index in [2.05, 4.69) is 10.1 Å². The van der Waals surface area contributed by atoms with Crippen LogP contribution in [0, 0.1) is 0 Å². The molecule has 0 spiro atoms. The van der Waals surface area contributed by atoms with E-state index in [-0.39, 0.29) is 10.9 Å². The first-order chi connectivity index (χ1) is 11.9. The second-order valence-electron chi connectivity index (χ2n) is 5.33. The molecule has 0 aliphatic heterocycles. The van der Waals surface area contributed by atoms with Gasteiger partial charge < -0.3 is 9.47 Å². The fraction of sp³-hybridized carbons (Fsp3) is 0.176. The molecule has 1 aromatic heterocycles. The van der Waals surface area contributed by atoms with Crippen LogP contribution in [-0.4, -0.2) is 43.7 Å². The largest absolute Gasteiger partial charge is 0.497 e. The number of nitrogens with zero attached hydrogens (tertiary/aromatic N) is 3. The number of sulfone groups is 1. The zero-order chi connectivity index (χ0) is 18.0. The minimum absolute atomic E-state index is 0.220. The molecule has 1 heterocycles. The van der Waals surface area contributed by atoms with Gasteiger partial charge in [-0.15, -0.1) is 5.10 Å². The van der Waals surface area contributed by atoms with Gasteiger partial charge in [0.25, 0.3) is 0 Å². The Morgan fingerprint density at radius 3 is 2.08 bits per heavy atom. The Bertz CT molecular complexity index is 978. The molecule has 3 aromatic rings. The Kier molecular flexibility index (Phi) is 4.45. The molecule has 0 fully saturated rings. The van der Waals surface area contributed by atoms with Crippen molar-refractivity contribution in [3.63, 3.8) is 0 Å². The van der Waals surface area contributed by atoms with Crippen LogP contribution < -0.4 is 9.47 Å². The number of ether oxygens (including phenoxy) is 2. The van der Waals surface area contributed by atoms with Crippen LogP contribution in [0.2, 0.25) is 0 Å². The van der Waals surface area contributed by atoms with E-state index in [1.807, 2.05) is 24.3 Å². The Labute approximate surface area is 145 Å². The zero-order valence-corrected chi connectivity index (χ0v) is 14.8. The van der Waals surface area contributed by atoms with E-state index in [0.29, 0.717) is 11.5 Å². The summed E-state index contributed by atoms with van der Waals surface area (Å²) >= 11 is 0. The highest BCUT2D eigenvalue weighted by molar-refractivity contribution is 7.90. The van der Waals surface area contributed by atoms with Crippen molar-refractivity contribution in [3.8, 4) is 28.8 Å². The number of methoxy groups -OCH3 is 2. The molecular weight excluding hydrogens is 342 g/mol. The maximum absolute atomic E-state index is 11.6. The van der Waals surface area contributed by atoms with Gasteiger partial charge in [-0.3, -0.25) is 0 Å². The molecule has 0 radical (unpaired) electrons. The van der Waals surface area contributed by atoms with Gasteiger partial charge in [0.2, 0.25) is 0 Å². The number of rotatable bonds is 5. The SMILES string of the molecule is COc1ccc(-c2nc(OC)nn2-c2ccc(S(C)(=O)=O)cc2)cc1. The third kappa shape index (κ3) is 3.48. The van der Waals surface area contributed by atoms with Crippen molar-refractivity contribution in [2.45, 2.75) is 4.90 Å². The van der Waals surface area contributed by atoms with Crippen LogP contribution in [0.4, 0.5) is 0 Å². The summed E-state index contributed by atoms with van der Waals surface area (Å²) in [7, 11) is -0.164. The molecular formula is C17H17N3O4S. The second-order valence-corrected chi connectivity index (χ2v) is 7.34. The van der Waals surface area contributed by atoms with Gasteiger partial charge in [-0.2, -0.15) is 4.98 Å². The first-order valence-corrected chi connectivity index (χ1v) is 9.27. The normalized spacial score (nSPS) is 11.3. The Balaban J connectivity index is 2.08. The van der Waals surface area contributed by atoms with Crippen molar-refractivity contribution in [3.05, 3.63) is 48.5 Å². The van der Waals surface area contributed by atoms with Gasteiger partial charge in [0, 0.05) is 11.8 Å². The highest BCUT2D eigenvalue weighted by Gasteiger charge is 2.15. The third-order valence-electron chi connectivity index (χ3n) is 3.63. The molecule has 0 aliphatic carbocycles. The predicted octanol–water partition coefficient (Wildman–Crippen LogP) is 2.36. The van der Waals surface area contributed by atoms with Crippen LogP contribution in [0.3, 0.4) is 0 Å². The van der Waals surface area contributed by atoms with Gasteiger partial charge in [0.1, 0.15) is 5.75 Å². The molecule has 0 saturated carbocycles. The Hall–Kier alpha value is -2.87. The molecule has 130 valence electrons. The van der Waals surface area contributed by atoms with Gasteiger partial charge in [0.05, 0.1) is 24.8 Å². The molecule has 7 nitrogen and oxygen atoms in total. The van der Waals surface area contributed by atoms with Crippen molar-refractivity contribution in [1.82, 2.24) is 14.8 Å². The summed E-state index contributed by atoms with van der Waals surface area (Å²) < 4.78 is 35.1. The van der Waals surface area contributed by atoms with Gasteiger partial charge in [-0.25, -0.2) is 13.1 Å². The van der Waals surface area contributed by atoms with Crippen molar-refractivity contribution < 1.29 is 17.9 Å². The standard InChI is InChI=1S/C17H17N3O4S/c1-23-14-8-4-12(5-9-14)16-18-17(24-2)19-20(16)13-6-10-15(11-7-13)25(3,21)22/h4-11H,1-3H3. The quantitative estimate of drug-likeness (QED) is 0.695. The maximum atomic E-state index is 11.6. The number of hydrogen-bond acceptors (Lipinski definition) is 6. The molecule has 0 unspecified atom stereocenters. The van der Waals surface area contributed by atoms with E-state index in [9.17, 15) is 8.42 Å². The average Bonchev–Trinajstić information content (AvgIpc) is 3.05. The Morgan fingerprint density at radius 1 is 0.920 bits per heavy atom. The minimum atomic E-state index is -3.26. The number of hydrogen-bond donors (Lipinski definition) is 0. The summed E-state index contributed by atoms with van der Waals surface area (Å²) in [5, 5.41) is 4.31. The molecule has 8 heteroatoms. The molecule has 0 amide bonds. The number of benzene rings is 2. The molecule has 2 aromatic carbocycles. The first kappa shape index (κ1) is 17.0. The van der Waals surface area contributed by atoms with Crippen LogP contribution in [0.1, 0.15) is 0 Å². The van der Waals surface area contributed by atoms with Crippen LogP contribution in [-0.2, 0) is 9.84 Å². The van der Waals surface area contributed by atoms with Crippen LogP contribution >= 0.6 is 0 Å². The monoisotopic (exact) mass is 359 g/mol. The lowest BCUT2D eigenvalue weighted by molar-refractivity contribution is 0.380. The Morgan fingerprint density at radius 2 is 1.56 bits per heavy atom. The highest BCUT2D eigenvalue weighted by Crippen LogP contribution is 2.26. The summed E-state index contributed by atoms with van der Waals surface area (Å²) in [4.78, 5) is 4.62. The van der Waals surface area contributed by atoms with Gasteiger partial charge in [-0.05, 0) is 48.5 Å². The van der Waals surface area contributed by atoms with Crippen molar-refractivity contribution >= 4 is 9.84 Å². The van der Waals surface area contributed by atoms with Gasteiger partial charge >= 0.3 is 6.01 Å². The van der Waals surface area contributed by atoms with E-state index < -0.39 is 9.84 Å². The smallest absolute Gasteiger partial charge is 0.336 e. The van der Waals surface area contributed by atoms with E-state index in [4.69, 9.17) is 9.47 Å². The van der Waals surface area contributed by atoms with E-state index in [0.717, 1.165) is 11.3 Å². The van der Waals surface area contributed by atoms with Crippen LogP contribution in [0.5, 0.6) is 11.8 Å². The predicted molar refractivity (Wildman–Crippen MR) is 93.0 cm³/mol. The van der Waals surface area contributed by atoms with Crippen molar-refractivity contribution in [2.24, 2.45) is 0 Å². The van der Waals surface area contributed by atoms with E-state index in [1.54, 1.807) is 23.9 Å². The molecule has 3 rings (SSSR count). The lowest BCUT2D eigenvalue weighted by Crippen LogP contribution is -2.02. The first-order valence-electron chi connectivity index (χ1n) is 7.38. The van der Waals surface area contributed by atoms with Gasteiger partial charge in [0.15, 0.2) is 15.7 Å². The van der Waals surface area contributed by atoms with Gasteiger partial charge in [-0.1, -0.05) is 0 Å². The van der Waals surface area contributed by atoms with Crippen molar-refractivity contribution in [1.29, 1.82) is 0 Å². The summed E-state index contributed by atoms with van der Waals surface area (Å²) in [6, 6.07) is 14.0.